The van der Waals surface area contributed by atoms with Crippen molar-refractivity contribution in [1.29, 1.82) is 0 Å². The molecule has 2 N–H and O–H groups in total. The number of aromatic nitrogens is 2. The molecule has 6 nitrogen and oxygen atoms in total. The van der Waals surface area contributed by atoms with Crippen molar-refractivity contribution in [2.45, 2.75) is 20.8 Å². The molecule has 0 aliphatic heterocycles. The Morgan fingerprint density at radius 1 is 1.42 bits per heavy atom. The van der Waals surface area contributed by atoms with E-state index < -0.39 is 0 Å². The van der Waals surface area contributed by atoms with Gasteiger partial charge in [-0.25, -0.2) is 4.98 Å². The van der Waals surface area contributed by atoms with E-state index in [0.29, 0.717) is 17.3 Å². The molecule has 0 bridgehead atoms. The van der Waals surface area contributed by atoms with Crippen LogP contribution in [-0.2, 0) is 0 Å². The summed E-state index contributed by atoms with van der Waals surface area (Å²) in [6.07, 6.45) is 1.59. The van der Waals surface area contributed by atoms with Gasteiger partial charge in [0.05, 0.1) is 5.69 Å². The van der Waals surface area contributed by atoms with Gasteiger partial charge in [0.15, 0.2) is 0 Å². The quantitative estimate of drug-likeness (QED) is 0.882. The largest absolute Gasteiger partial charge is 0.370 e. The SMILES string of the molecule is CCNc1cc(C(=O)Nc2onc(C)c2C)ccn1. The monoisotopic (exact) mass is 260 g/mol. The van der Waals surface area contributed by atoms with E-state index in [0.717, 1.165) is 17.8 Å². The van der Waals surface area contributed by atoms with Crippen LogP contribution in [0, 0.1) is 13.8 Å². The van der Waals surface area contributed by atoms with E-state index in [-0.39, 0.29) is 5.91 Å². The number of carbonyl (C=O) groups is 1. The smallest absolute Gasteiger partial charge is 0.258 e. The zero-order valence-electron chi connectivity index (χ0n) is 11.2. The van der Waals surface area contributed by atoms with Gasteiger partial charge in [-0.2, -0.15) is 0 Å². The molecule has 0 aromatic carbocycles. The summed E-state index contributed by atoms with van der Waals surface area (Å²) in [7, 11) is 0. The van der Waals surface area contributed by atoms with Gasteiger partial charge in [-0.1, -0.05) is 5.16 Å². The molecule has 0 fully saturated rings. The Kier molecular flexibility index (Phi) is 3.79. The van der Waals surface area contributed by atoms with Crippen molar-refractivity contribution in [1.82, 2.24) is 10.1 Å². The highest BCUT2D eigenvalue weighted by Gasteiger charge is 2.13. The minimum absolute atomic E-state index is 0.249. The maximum Gasteiger partial charge on any atom is 0.258 e. The summed E-state index contributed by atoms with van der Waals surface area (Å²) in [6.45, 7) is 6.38. The van der Waals surface area contributed by atoms with Crippen LogP contribution >= 0.6 is 0 Å². The molecule has 1 amide bonds. The molecule has 6 heteroatoms. The third-order valence-corrected chi connectivity index (χ3v) is 2.76. The number of nitrogens with zero attached hydrogens (tertiary/aromatic N) is 2. The van der Waals surface area contributed by atoms with E-state index in [1.807, 2.05) is 20.8 Å². The molecular weight excluding hydrogens is 244 g/mol. The molecule has 0 saturated heterocycles. The fourth-order valence-electron chi connectivity index (χ4n) is 1.56. The highest BCUT2D eigenvalue weighted by molar-refractivity contribution is 6.04. The lowest BCUT2D eigenvalue weighted by Gasteiger charge is -2.05. The van der Waals surface area contributed by atoms with E-state index in [9.17, 15) is 4.79 Å². The van der Waals surface area contributed by atoms with Crippen molar-refractivity contribution >= 4 is 17.6 Å². The molecule has 2 heterocycles. The molecule has 19 heavy (non-hydrogen) atoms. The van der Waals surface area contributed by atoms with Gasteiger partial charge in [0.1, 0.15) is 5.82 Å². The van der Waals surface area contributed by atoms with Crippen molar-refractivity contribution in [2.24, 2.45) is 0 Å². The minimum Gasteiger partial charge on any atom is -0.370 e. The summed E-state index contributed by atoms with van der Waals surface area (Å²) in [6, 6.07) is 3.34. The summed E-state index contributed by atoms with van der Waals surface area (Å²) in [5, 5.41) is 9.54. The Morgan fingerprint density at radius 2 is 2.21 bits per heavy atom. The lowest BCUT2D eigenvalue weighted by Crippen LogP contribution is -2.13. The third kappa shape index (κ3) is 2.90. The molecule has 0 aliphatic carbocycles. The average molecular weight is 260 g/mol. The normalized spacial score (nSPS) is 10.3. The van der Waals surface area contributed by atoms with Gasteiger partial charge in [-0.15, -0.1) is 0 Å². The molecule has 0 saturated carbocycles. The van der Waals surface area contributed by atoms with E-state index in [1.165, 1.54) is 0 Å². The Balaban J connectivity index is 2.16. The van der Waals surface area contributed by atoms with Gasteiger partial charge in [0, 0.05) is 23.9 Å². The van der Waals surface area contributed by atoms with Crippen LogP contribution < -0.4 is 10.6 Å². The number of amides is 1. The van der Waals surface area contributed by atoms with Crippen LogP contribution in [0.15, 0.2) is 22.9 Å². The summed E-state index contributed by atoms with van der Waals surface area (Å²) >= 11 is 0. The summed E-state index contributed by atoms with van der Waals surface area (Å²) < 4.78 is 5.05. The zero-order valence-corrected chi connectivity index (χ0v) is 11.2. The molecule has 0 spiro atoms. The first-order valence-corrected chi connectivity index (χ1v) is 6.06. The van der Waals surface area contributed by atoms with Gasteiger partial charge in [0.2, 0.25) is 5.88 Å². The molecule has 2 aromatic heterocycles. The Morgan fingerprint density at radius 3 is 2.84 bits per heavy atom. The maximum atomic E-state index is 12.1. The first-order valence-electron chi connectivity index (χ1n) is 6.06. The van der Waals surface area contributed by atoms with E-state index in [4.69, 9.17) is 4.52 Å². The van der Waals surface area contributed by atoms with Gasteiger partial charge in [-0.05, 0) is 32.9 Å². The van der Waals surface area contributed by atoms with Crippen molar-refractivity contribution < 1.29 is 9.32 Å². The second-order valence-corrected chi connectivity index (χ2v) is 4.14. The van der Waals surface area contributed by atoms with Gasteiger partial charge in [0.25, 0.3) is 5.91 Å². The second kappa shape index (κ2) is 5.51. The summed E-state index contributed by atoms with van der Waals surface area (Å²) in [4.78, 5) is 16.2. The number of carbonyl (C=O) groups excluding carboxylic acids is 1. The number of pyridine rings is 1. The molecule has 2 aromatic rings. The van der Waals surface area contributed by atoms with Crippen LogP contribution in [0.3, 0.4) is 0 Å². The highest BCUT2D eigenvalue weighted by Crippen LogP contribution is 2.18. The van der Waals surface area contributed by atoms with Gasteiger partial charge < -0.3 is 9.84 Å². The molecular formula is C13H16N4O2. The van der Waals surface area contributed by atoms with Crippen molar-refractivity contribution in [3.05, 3.63) is 35.2 Å². The number of nitrogens with one attached hydrogen (secondary N) is 2. The van der Waals surface area contributed by atoms with Crippen molar-refractivity contribution in [3.8, 4) is 0 Å². The second-order valence-electron chi connectivity index (χ2n) is 4.14. The van der Waals surface area contributed by atoms with E-state index in [1.54, 1.807) is 18.3 Å². The number of rotatable bonds is 4. The maximum absolute atomic E-state index is 12.1. The topological polar surface area (TPSA) is 80.0 Å². The van der Waals surface area contributed by atoms with Crippen LogP contribution in [0.4, 0.5) is 11.7 Å². The predicted octanol–water partition coefficient (Wildman–Crippen LogP) is 2.37. The number of hydrogen-bond donors (Lipinski definition) is 2. The summed E-state index contributed by atoms with van der Waals surface area (Å²) in [5.74, 6) is 0.797. The van der Waals surface area contributed by atoms with Crippen LogP contribution in [-0.4, -0.2) is 22.6 Å². The van der Waals surface area contributed by atoms with Crippen LogP contribution in [0.1, 0.15) is 28.5 Å². The molecule has 0 radical (unpaired) electrons. The third-order valence-electron chi connectivity index (χ3n) is 2.76. The Hall–Kier alpha value is -2.37. The van der Waals surface area contributed by atoms with Gasteiger partial charge >= 0.3 is 0 Å². The number of aryl methyl sites for hydroxylation is 1. The van der Waals surface area contributed by atoms with Crippen LogP contribution in [0.5, 0.6) is 0 Å². The predicted molar refractivity (Wildman–Crippen MR) is 72.3 cm³/mol. The Labute approximate surface area is 111 Å². The van der Waals surface area contributed by atoms with Crippen molar-refractivity contribution in [3.63, 3.8) is 0 Å². The molecule has 0 atom stereocenters. The lowest BCUT2D eigenvalue weighted by molar-refractivity contribution is 0.102. The fraction of sp³-hybridized carbons (Fsp3) is 0.308. The summed E-state index contributed by atoms with van der Waals surface area (Å²) in [5.41, 5.74) is 2.10. The zero-order chi connectivity index (χ0) is 13.8. The lowest BCUT2D eigenvalue weighted by atomic mass is 10.2. The van der Waals surface area contributed by atoms with Crippen LogP contribution in [0.2, 0.25) is 0 Å². The van der Waals surface area contributed by atoms with Crippen molar-refractivity contribution in [2.75, 3.05) is 17.2 Å². The molecule has 100 valence electrons. The Bertz CT molecular complexity index is 592. The molecule has 0 unspecified atom stereocenters. The first-order chi connectivity index (χ1) is 9.11. The molecule has 2 rings (SSSR count). The fourth-order valence-corrected chi connectivity index (χ4v) is 1.56. The molecule has 0 aliphatic rings. The number of anilines is 2. The standard InChI is InChI=1S/C13H16N4O2/c1-4-14-11-7-10(5-6-15-11)12(18)16-13-8(2)9(3)17-19-13/h5-7H,4H2,1-3H3,(H,14,15)(H,16,18). The highest BCUT2D eigenvalue weighted by atomic mass is 16.5. The van der Waals surface area contributed by atoms with Crippen LogP contribution in [0.25, 0.3) is 0 Å². The first kappa shape index (κ1) is 13.1. The number of hydrogen-bond acceptors (Lipinski definition) is 5. The minimum atomic E-state index is -0.249. The van der Waals surface area contributed by atoms with E-state index in [2.05, 4.69) is 20.8 Å². The van der Waals surface area contributed by atoms with Gasteiger partial charge in [-0.3, -0.25) is 10.1 Å². The average Bonchev–Trinajstić information content (AvgIpc) is 2.71. The van der Waals surface area contributed by atoms with E-state index >= 15 is 0 Å².